The highest BCUT2D eigenvalue weighted by Gasteiger charge is 2.09. The number of benzene rings is 1. The molecule has 0 heterocycles. The maximum atomic E-state index is 12.8. The number of carbonyl (C=O) groups excluding carboxylic acids is 1. The smallest absolute Gasteiger partial charge is 0.351 e. The minimum Gasteiger partial charge on any atom is -0.477 e. The first-order valence-electron chi connectivity index (χ1n) is 4.11. The Hall–Kier alpha value is -1.88. The molecule has 6 heteroatoms. The minimum absolute atomic E-state index is 0.0654. The fourth-order valence-electron chi connectivity index (χ4n) is 0.936. The molecule has 0 atom stereocenters. The summed E-state index contributed by atoms with van der Waals surface area (Å²) >= 11 is 5.46. The summed E-state index contributed by atoms with van der Waals surface area (Å²) in [5, 5.41) is 8.23. The van der Waals surface area contributed by atoms with Crippen LogP contribution in [0, 0.1) is 5.82 Å². The van der Waals surface area contributed by atoms with Crippen molar-refractivity contribution in [2.75, 3.05) is 0 Å². The zero-order chi connectivity index (χ0) is 12.3. The van der Waals surface area contributed by atoms with Crippen LogP contribution in [-0.4, -0.2) is 16.9 Å². The quantitative estimate of drug-likeness (QED) is 0.624. The Morgan fingerprint density at radius 3 is 2.56 bits per heavy atom. The van der Waals surface area contributed by atoms with E-state index < -0.39 is 23.3 Å². The van der Waals surface area contributed by atoms with Crippen LogP contribution in [0.3, 0.4) is 0 Å². The SMILES string of the molecule is N/C(=C/C(=O)c1ccc(F)c(Cl)c1)C(=O)O. The molecule has 0 radical (unpaired) electrons. The van der Waals surface area contributed by atoms with Crippen molar-refractivity contribution < 1.29 is 19.1 Å². The lowest BCUT2D eigenvalue weighted by Gasteiger charge is -1.99. The first kappa shape index (κ1) is 12.2. The Kier molecular flexibility index (Phi) is 3.63. The van der Waals surface area contributed by atoms with Crippen molar-refractivity contribution in [3.63, 3.8) is 0 Å². The Balaban J connectivity index is 3.02. The number of halogens is 2. The van der Waals surface area contributed by atoms with E-state index in [2.05, 4.69) is 0 Å². The maximum absolute atomic E-state index is 12.8. The molecule has 0 saturated carbocycles. The molecule has 3 N–H and O–H groups in total. The Morgan fingerprint density at radius 2 is 2.06 bits per heavy atom. The summed E-state index contributed by atoms with van der Waals surface area (Å²) in [4.78, 5) is 21.8. The van der Waals surface area contributed by atoms with Crippen molar-refractivity contribution in [3.8, 4) is 0 Å². The van der Waals surface area contributed by atoms with E-state index in [4.69, 9.17) is 22.4 Å². The highest BCUT2D eigenvalue weighted by Crippen LogP contribution is 2.16. The van der Waals surface area contributed by atoms with Gasteiger partial charge in [0.25, 0.3) is 0 Å². The van der Waals surface area contributed by atoms with Gasteiger partial charge in [0.1, 0.15) is 11.5 Å². The van der Waals surface area contributed by atoms with E-state index in [0.29, 0.717) is 0 Å². The van der Waals surface area contributed by atoms with E-state index in [1.54, 1.807) is 0 Å². The Morgan fingerprint density at radius 1 is 1.44 bits per heavy atom. The van der Waals surface area contributed by atoms with Crippen molar-refractivity contribution >= 4 is 23.4 Å². The number of allylic oxidation sites excluding steroid dienone is 1. The van der Waals surface area contributed by atoms with Crippen molar-refractivity contribution in [1.29, 1.82) is 0 Å². The molecule has 0 spiro atoms. The van der Waals surface area contributed by atoms with Crippen molar-refractivity contribution in [2.45, 2.75) is 0 Å². The molecule has 16 heavy (non-hydrogen) atoms. The van der Waals surface area contributed by atoms with Crippen LogP contribution in [0.5, 0.6) is 0 Å². The summed E-state index contributed by atoms with van der Waals surface area (Å²) in [6.45, 7) is 0. The van der Waals surface area contributed by atoms with Gasteiger partial charge in [0.05, 0.1) is 5.02 Å². The summed E-state index contributed by atoms with van der Waals surface area (Å²) in [6.07, 6.45) is 0.742. The molecule has 0 fully saturated rings. The Labute approximate surface area is 95.1 Å². The number of carboxylic acid groups (broad SMARTS) is 1. The molecule has 0 aliphatic rings. The van der Waals surface area contributed by atoms with Gasteiger partial charge in [-0.25, -0.2) is 9.18 Å². The van der Waals surface area contributed by atoms with Gasteiger partial charge in [-0.1, -0.05) is 11.6 Å². The number of hydrogen-bond acceptors (Lipinski definition) is 3. The van der Waals surface area contributed by atoms with Gasteiger partial charge in [0.2, 0.25) is 0 Å². The molecule has 1 aromatic carbocycles. The summed E-state index contributed by atoms with van der Waals surface area (Å²) in [5.74, 6) is -2.71. The average molecular weight is 244 g/mol. The van der Waals surface area contributed by atoms with Crippen LogP contribution in [0.25, 0.3) is 0 Å². The lowest BCUT2D eigenvalue weighted by atomic mass is 10.1. The van der Waals surface area contributed by atoms with Crippen LogP contribution in [0.1, 0.15) is 10.4 Å². The average Bonchev–Trinajstić information content (AvgIpc) is 2.21. The maximum Gasteiger partial charge on any atom is 0.351 e. The second-order valence-corrected chi connectivity index (χ2v) is 3.31. The number of carbonyl (C=O) groups is 2. The third kappa shape index (κ3) is 2.80. The van der Waals surface area contributed by atoms with Gasteiger partial charge in [-0.15, -0.1) is 0 Å². The summed E-state index contributed by atoms with van der Waals surface area (Å²) < 4.78 is 12.8. The van der Waals surface area contributed by atoms with Gasteiger partial charge < -0.3 is 10.8 Å². The van der Waals surface area contributed by atoms with Gasteiger partial charge in [0.15, 0.2) is 5.78 Å². The standard InChI is InChI=1S/C10H7ClFNO3/c11-6-3-5(1-2-7(6)12)9(14)4-8(13)10(15)16/h1-4H,13H2,(H,15,16)/b8-4+. The molecule has 1 rings (SSSR count). The highest BCUT2D eigenvalue weighted by molar-refractivity contribution is 6.31. The van der Waals surface area contributed by atoms with Crippen molar-refractivity contribution in [3.05, 3.63) is 46.4 Å². The molecule has 0 amide bonds. The molecular weight excluding hydrogens is 237 g/mol. The zero-order valence-electron chi connectivity index (χ0n) is 7.91. The van der Waals surface area contributed by atoms with E-state index >= 15 is 0 Å². The van der Waals surface area contributed by atoms with Crippen LogP contribution in [0.15, 0.2) is 30.0 Å². The second kappa shape index (κ2) is 4.76. The van der Waals surface area contributed by atoms with Crippen LogP contribution in [0.2, 0.25) is 5.02 Å². The first-order valence-corrected chi connectivity index (χ1v) is 4.49. The van der Waals surface area contributed by atoms with Gasteiger partial charge >= 0.3 is 5.97 Å². The number of nitrogens with two attached hydrogens (primary N) is 1. The molecular formula is C10H7ClFNO3. The van der Waals surface area contributed by atoms with Crippen LogP contribution < -0.4 is 5.73 Å². The monoisotopic (exact) mass is 243 g/mol. The fraction of sp³-hybridized carbons (Fsp3) is 0. The number of ketones is 1. The number of carboxylic acids is 1. The van der Waals surface area contributed by atoms with Crippen molar-refractivity contribution in [1.82, 2.24) is 0 Å². The van der Waals surface area contributed by atoms with E-state index in [9.17, 15) is 14.0 Å². The van der Waals surface area contributed by atoms with Crippen LogP contribution >= 0.6 is 11.6 Å². The molecule has 4 nitrogen and oxygen atoms in total. The molecule has 0 aliphatic carbocycles. The van der Waals surface area contributed by atoms with E-state index in [0.717, 1.165) is 18.2 Å². The van der Waals surface area contributed by atoms with E-state index in [-0.39, 0.29) is 10.6 Å². The molecule has 0 bridgehead atoms. The normalized spacial score (nSPS) is 11.2. The Bertz CT molecular complexity index is 485. The molecule has 0 unspecified atom stereocenters. The van der Waals surface area contributed by atoms with Crippen LogP contribution in [0.4, 0.5) is 4.39 Å². The molecule has 1 aromatic rings. The topological polar surface area (TPSA) is 80.4 Å². The van der Waals surface area contributed by atoms with Crippen molar-refractivity contribution in [2.24, 2.45) is 5.73 Å². The van der Waals surface area contributed by atoms with Gasteiger partial charge in [-0.2, -0.15) is 0 Å². The predicted octanol–water partition coefficient (Wildman–Crippen LogP) is 1.59. The summed E-state index contributed by atoms with van der Waals surface area (Å²) in [7, 11) is 0. The number of hydrogen-bond donors (Lipinski definition) is 2. The van der Waals surface area contributed by atoms with Crippen LogP contribution in [-0.2, 0) is 4.79 Å². The van der Waals surface area contributed by atoms with Gasteiger partial charge in [0, 0.05) is 11.6 Å². The second-order valence-electron chi connectivity index (χ2n) is 2.90. The molecule has 84 valence electrons. The summed E-state index contributed by atoms with van der Waals surface area (Å²) in [5.41, 5.74) is 4.53. The van der Waals surface area contributed by atoms with E-state index in [1.165, 1.54) is 6.07 Å². The molecule has 0 aliphatic heterocycles. The zero-order valence-corrected chi connectivity index (χ0v) is 8.66. The highest BCUT2D eigenvalue weighted by atomic mass is 35.5. The lowest BCUT2D eigenvalue weighted by Crippen LogP contribution is -2.12. The first-order chi connectivity index (χ1) is 7.41. The fourth-order valence-corrected chi connectivity index (χ4v) is 1.12. The third-order valence-electron chi connectivity index (χ3n) is 1.74. The molecule has 0 aromatic heterocycles. The van der Waals surface area contributed by atoms with Gasteiger partial charge in [-0.05, 0) is 18.2 Å². The predicted molar refractivity (Wildman–Crippen MR) is 55.6 cm³/mol. The summed E-state index contributed by atoms with van der Waals surface area (Å²) in [6, 6.07) is 3.31. The van der Waals surface area contributed by atoms with E-state index in [1.807, 2.05) is 0 Å². The number of aliphatic carboxylic acids is 1. The largest absolute Gasteiger partial charge is 0.477 e. The number of rotatable bonds is 3. The lowest BCUT2D eigenvalue weighted by molar-refractivity contribution is -0.132. The molecule has 0 saturated heterocycles. The minimum atomic E-state index is -1.40. The van der Waals surface area contributed by atoms with Gasteiger partial charge in [-0.3, -0.25) is 4.79 Å². The third-order valence-corrected chi connectivity index (χ3v) is 2.03.